The third-order valence-electron chi connectivity index (χ3n) is 3.86. The van der Waals surface area contributed by atoms with Crippen molar-refractivity contribution in [2.75, 3.05) is 19.1 Å². The van der Waals surface area contributed by atoms with Crippen LogP contribution in [0.1, 0.15) is 11.1 Å². The molecule has 25 heavy (non-hydrogen) atoms. The van der Waals surface area contributed by atoms with Gasteiger partial charge in [-0.25, -0.2) is 0 Å². The van der Waals surface area contributed by atoms with Crippen LogP contribution in [-0.2, 0) is 4.79 Å². The second-order valence-corrected chi connectivity index (χ2v) is 7.09. The zero-order valence-corrected chi connectivity index (χ0v) is 15.7. The first-order chi connectivity index (χ1) is 12.0. The minimum atomic E-state index is -0.112. The normalized spacial score (nSPS) is 15.8. The third-order valence-corrected chi connectivity index (χ3v) is 5.16. The van der Waals surface area contributed by atoms with E-state index in [4.69, 9.17) is 21.7 Å². The van der Waals surface area contributed by atoms with Gasteiger partial charge in [0.25, 0.3) is 5.91 Å². The van der Waals surface area contributed by atoms with Gasteiger partial charge in [-0.3, -0.25) is 9.69 Å². The van der Waals surface area contributed by atoms with Gasteiger partial charge < -0.3 is 9.47 Å². The Morgan fingerprint density at radius 1 is 1.08 bits per heavy atom. The van der Waals surface area contributed by atoms with E-state index in [-0.39, 0.29) is 5.91 Å². The maximum absolute atomic E-state index is 12.8. The van der Waals surface area contributed by atoms with Crippen molar-refractivity contribution in [3.63, 3.8) is 0 Å². The number of thioether (sulfide) groups is 1. The Kier molecular flexibility index (Phi) is 5.11. The monoisotopic (exact) mass is 371 g/mol. The minimum Gasteiger partial charge on any atom is -0.493 e. The summed E-state index contributed by atoms with van der Waals surface area (Å²) < 4.78 is 11.1. The molecule has 0 saturated carbocycles. The van der Waals surface area contributed by atoms with E-state index in [1.807, 2.05) is 55.5 Å². The lowest BCUT2D eigenvalue weighted by Gasteiger charge is -2.16. The number of aryl methyl sites for hydroxylation is 1. The topological polar surface area (TPSA) is 38.8 Å². The van der Waals surface area contributed by atoms with Gasteiger partial charge in [-0.1, -0.05) is 48.2 Å². The van der Waals surface area contributed by atoms with Crippen LogP contribution < -0.4 is 14.4 Å². The summed E-state index contributed by atoms with van der Waals surface area (Å²) in [6, 6.07) is 13.2. The van der Waals surface area contributed by atoms with Crippen LogP contribution in [-0.4, -0.2) is 24.4 Å². The first kappa shape index (κ1) is 17.5. The average molecular weight is 371 g/mol. The molecule has 0 N–H and O–H groups in total. The Labute approximate surface area is 156 Å². The number of nitrogens with zero attached hydrogens (tertiary/aromatic N) is 1. The molecule has 1 fully saturated rings. The average Bonchev–Trinajstić information content (AvgIpc) is 2.89. The van der Waals surface area contributed by atoms with Crippen LogP contribution in [0, 0.1) is 6.92 Å². The van der Waals surface area contributed by atoms with E-state index in [1.165, 1.54) is 11.8 Å². The minimum absolute atomic E-state index is 0.112. The van der Waals surface area contributed by atoms with E-state index >= 15 is 0 Å². The predicted molar refractivity (Wildman–Crippen MR) is 106 cm³/mol. The zero-order chi connectivity index (χ0) is 18.0. The van der Waals surface area contributed by atoms with Gasteiger partial charge in [0.15, 0.2) is 15.8 Å². The van der Waals surface area contributed by atoms with Crippen LogP contribution >= 0.6 is 24.0 Å². The van der Waals surface area contributed by atoms with E-state index in [0.29, 0.717) is 20.7 Å². The highest BCUT2D eigenvalue weighted by Crippen LogP contribution is 2.38. The smallest absolute Gasteiger partial charge is 0.270 e. The van der Waals surface area contributed by atoms with Gasteiger partial charge in [0.2, 0.25) is 0 Å². The number of benzene rings is 2. The second-order valence-electron chi connectivity index (χ2n) is 5.42. The highest BCUT2D eigenvalue weighted by atomic mass is 32.2. The van der Waals surface area contributed by atoms with Crippen LogP contribution in [0.15, 0.2) is 47.4 Å². The van der Waals surface area contributed by atoms with Crippen molar-refractivity contribution in [3.8, 4) is 11.5 Å². The van der Waals surface area contributed by atoms with E-state index in [1.54, 1.807) is 19.1 Å². The van der Waals surface area contributed by atoms with Crippen molar-refractivity contribution in [2.45, 2.75) is 6.92 Å². The SMILES string of the molecule is COc1ccc(C=C2SC(=S)N(c3ccccc3C)C2=O)cc1OC. The predicted octanol–water partition coefficient (Wildman–Crippen LogP) is 4.42. The molecule has 1 heterocycles. The molecule has 128 valence electrons. The van der Waals surface area contributed by atoms with Gasteiger partial charge in [0, 0.05) is 0 Å². The molecule has 0 unspecified atom stereocenters. The van der Waals surface area contributed by atoms with Crippen molar-refractivity contribution < 1.29 is 14.3 Å². The summed E-state index contributed by atoms with van der Waals surface area (Å²) in [6.45, 7) is 1.96. The molecule has 0 radical (unpaired) electrons. The fourth-order valence-electron chi connectivity index (χ4n) is 2.58. The number of carbonyl (C=O) groups excluding carboxylic acids is 1. The Bertz CT molecular complexity index is 877. The number of amides is 1. The lowest BCUT2D eigenvalue weighted by atomic mass is 10.1. The molecule has 0 atom stereocenters. The maximum atomic E-state index is 12.8. The summed E-state index contributed by atoms with van der Waals surface area (Å²) >= 11 is 6.72. The van der Waals surface area contributed by atoms with Gasteiger partial charge in [-0.2, -0.15) is 0 Å². The molecule has 0 aliphatic carbocycles. The van der Waals surface area contributed by atoms with Crippen molar-refractivity contribution in [3.05, 3.63) is 58.5 Å². The lowest BCUT2D eigenvalue weighted by Crippen LogP contribution is -2.28. The summed E-state index contributed by atoms with van der Waals surface area (Å²) in [6.07, 6.45) is 1.82. The van der Waals surface area contributed by atoms with Gasteiger partial charge >= 0.3 is 0 Å². The Morgan fingerprint density at radius 2 is 1.80 bits per heavy atom. The molecular weight excluding hydrogens is 354 g/mol. The van der Waals surface area contributed by atoms with Crippen molar-refractivity contribution in [1.29, 1.82) is 0 Å². The van der Waals surface area contributed by atoms with Crippen LogP contribution in [0.4, 0.5) is 5.69 Å². The lowest BCUT2D eigenvalue weighted by molar-refractivity contribution is -0.113. The molecule has 1 amide bonds. The molecule has 0 aromatic heterocycles. The highest BCUT2D eigenvalue weighted by Gasteiger charge is 2.33. The van der Waals surface area contributed by atoms with Gasteiger partial charge in [0.1, 0.15) is 0 Å². The molecule has 3 rings (SSSR count). The second kappa shape index (κ2) is 7.29. The number of ether oxygens (including phenoxy) is 2. The summed E-state index contributed by atoms with van der Waals surface area (Å²) in [5.74, 6) is 1.15. The van der Waals surface area contributed by atoms with Gasteiger partial charge in [-0.05, 0) is 42.3 Å². The first-order valence-corrected chi connectivity index (χ1v) is 8.83. The molecule has 0 spiro atoms. The number of thiocarbonyl (C=S) groups is 1. The number of methoxy groups -OCH3 is 2. The van der Waals surface area contributed by atoms with Crippen LogP contribution in [0.3, 0.4) is 0 Å². The summed E-state index contributed by atoms with van der Waals surface area (Å²) in [5.41, 5.74) is 2.68. The molecule has 2 aromatic carbocycles. The summed E-state index contributed by atoms with van der Waals surface area (Å²) in [5, 5.41) is 0. The number of hydrogen-bond donors (Lipinski definition) is 0. The standard InChI is InChI=1S/C19H17NO3S2/c1-12-6-4-5-7-14(12)20-18(21)17(25-19(20)24)11-13-8-9-15(22-2)16(10-13)23-3/h4-11H,1-3H3. The molecular formula is C19H17NO3S2. The molecule has 1 aliphatic heterocycles. The molecule has 4 nitrogen and oxygen atoms in total. The number of para-hydroxylation sites is 1. The van der Waals surface area contributed by atoms with Crippen LogP contribution in [0.2, 0.25) is 0 Å². The maximum Gasteiger partial charge on any atom is 0.270 e. The third kappa shape index (κ3) is 3.41. The van der Waals surface area contributed by atoms with E-state index in [2.05, 4.69) is 0 Å². The van der Waals surface area contributed by atoms with Crippen LogP contribution in [0.25, 0.3) is 6.08 Å². The molecule has 1 aliphatic rings. The number of anilines is 1. The Morgan fingerprint density at radius 3 is 2.48 bits per heavy atom. The van der Waals surface area contributed by atoms with Crippen LogP contribution in [0.5, 0.6) is 11.5 Å². The van der Waals surface area contributed by atoms with Crippen molar-refractivity contribution >= 4 is 46.0 Å². The molecule has 2 aromatic rings. The summed E-state index contributed by atoms with van der Waals surface area (Å²) in [4.78, 5) is 15.0. The zero-order valence-electron chi connectivity index (χ0n) is 14.1. The van der Waals surface area contributed by atoms with E-state index in [9.17, 15) is 4.79 Å². The number of rotatable bonds is 4. The molecule has 1 saturated heterocycles. The van der Waals surface area contributed by atoms with Crippen molar-refractivity contribution in [1.82, 2.24) is 0 Å². The fourth-order valence-corrected chi connectivity index (χ4v) is 3.87. The largest absolute Gasteiger partial charge is 0.493 e. The quantitative estimate of drug-likeness (QED) is 0.588. The highest BCUT2D eigenvalue weighted by molar-refractivity contribution is 8.27. The molecule has 6 heteroatoms. The van der Waals surface area contributed by atoms with Gasteiger partial charge in [-0.15, -0.1) is 0 Å². The van der Waals surface area contributed by atoms with E-state index < -0.39 is 0 Å². The number of hydrogen-bond acceptors (Lipinski definition) is 5. The van der Waals surface area contributed by atoms with E-state index in [0.717, 1.165) is 16.8 Å². The Balaban J connectivity index is 1.95. The first-order valence-electron chi connectivity index (χ1n) is 7.60. The van der Waals surface area contributed by atoms with Crippen molar-refractivity contribution in [2.24, 2.45) is 0 Å². The fraction of sp³-hybridized carbons (Fsp3) is 0.158. The van der Waals surface area contributed by atoms with Gasteiger partial charge in [0.05, 0.1) is 24.8 Å². The molecule has 0 bridgehead atoms. The number of carbonyl (C=O) groups is 1. The Hall–Kier alpha value is -2.31. The summed E-state index contributed by atoms with van der Waals surface area (Å²) in [7, 11) is 3.17.